The van der Waals surface area contributed by atoms with E-state index in [0.717, 1.165) is 0 Å². The first kappa shape index (κ1) is 40.1. The van der Waals surface area contributed by atoms with Crippen LogP contribution in [-0.4, -0.2) is 48.4 Å². The van der Waals surface area contributed by atoms with Crippen molar-refractivity contribution in [2.24, 2.45) is 0 Å². The second-order valence-corrected chi connectivity index (χ2v) is 43.7. The molecule has 0 aliphatic heterocycles. The molecule has 0 N–H and O–H groups in total. The van der Waals surface area contributed by atoms with Crippen molar-refractivity contribution in [1.29, 1.82) is 0 Å². The number of benzene rings is 1. The number of hydrogen-bond donors (Lipinski definition) is 0. The summed E-state index contributed by atoms with van der Waals surface area (Å²) in [6, 6.07) is 11.9. The third kappa shape index (κ3) is 16.7. The molecule has 0 nitrogen and oxygen atoms in total. The van der Waals surface area contributed by atoms with Crippen molar-refractivity contribution < 1.29 is 0 Å². The smallest absolute Gasteiger partial charge is 0.103 e. The molecule has 0 heterocycles. The zero-order valence-electron chi connectivity index (χ0n) is 28.1. The van der Waals surface area contributed by atoms with E-state index in [0.29, 0.717) is 0 Å². The van der Waals surface area contributed by atoms with Gasteiger partial charge < -0.3 is 0 Å². The summed E-state index contributed by atoms with van der Waals surface area (Å²) < 4.78 is 0. The van der Waals surface area contributed by atoms with E-state index < -0.39 is 48.4 Å². The summed E-state index contributed by atoms with van der Waals surface area (Å²) in [7, 11) is -7.05. The lowest BCUT2D eigenvalue weighted by molar-refractivity contribution is 1.30. The van der Waals surface area contributed by atoms with Crippen molar-refractivity contribution >= 4 is 58.8 Å². The van der Waals surface area contributed by atoms with Crippen molar-refractivity contribution in [1.82, 2.24) is 0 Å². The van der Waals surface area contributed by atoms with Crippen LogP contribution >= 0.6 is 0 Å². The lowest BCUT2D eigenvalue weighted by atomic mass is 10.4. The Hall–Kier alpha value is -1.04. The van der Waals surface area contributed by atoms with Crippen LogP contribution in [0.25, 0.3) is 0 Å². The molecular weight excluding hydrogens is 565 g/mol. The molecule has 0 aliphatic carbocycles. The summed E-state index contributed by atoms with van der Waals surface area (Å²) in [6.45, 7) is 51.8. The van der Waals surface area contributed by atoms with Crippen LogP contribution in [-0.2, 0) is 0 Å². The van der Waals surface area contributed by atoms with Crippen LogP contribution in [0.4, 0.5) is 0 Å². The first-order chi connectivity index (χ1) is 17.5. The molecule has 39 heavy (non-hydrogen) atoms. The standard InChI is InChI=1S/C14H22Si2.C10H22Si2.C9H20Si2/c1-7-15(3,4)13-9-11-14(12-10-13)16(5,6)8-2;1-7-11(3,4)9-10-12(5,6)8-2;1-7-10(3,4)9-11(5,6)8-2/h7-12H,1-2H2,3-6H3;7-8H,1-2,9-10H2,3-6H3;7-8H,1-2,9H2,3-6H3. The Kier molecular flexibility index (Phi) is 16.9. The summed E-state index contributed by atoms with van der Waals surface area (Å²) in [5.41, 5.74) is 14.4. The molecule has 1 aromatic carbocycles. The van der Waals surface area contributed by atoms with Gasteiger partial charge in [-0.25, -0.2) is 0 Å². The summed E-state index contributed by atoms with van der Waals surface area (Å²) in [6.07, 6.45) is 0. The monoisotopic (exact) mass is 628 g/mol. The summed E-state index contributed by atoms with van der Waals surface area (Å²) >= 11 is 0. The van der Waals surface area contributed by atoms with E-state index in [1.165, 1.54) is 28.1 Å². The predicted octanol–water partition coefficient (Wildman–Crippen LogP) is 10.2. The van der Waals surface area contributed by atoms with Gasteiger partial charge in [0.25, 0.3) is 0 Å². The molecule has 0 radical (unpaired) electrons. The molecule has 0 aliphatic rings. The molecule has 0 fully saturated rings. The fourth-order valence-electron chi connectivity index (χ4n) is 3.73. The van der Waals surface area contributed by atoms with E-state index in [1.54, 1.807) is 0 Å². The molecule has 1 rings (SSSR count). The lowest BCUT2D eigenvalue weighted by Gasteiger charge is -2.26. The molecular formula is C33H64Si6. The molecule has 0 bridgehead atoms. The maximum atomic E-state index is 3.95. The van der Waals surface area contributed by atoms with E-state index in [1.807, 2.05) is 0 Å². The van der Waals surface area contributed by atoms with Crippen molar-refractivity contribution in [3.63, 3.8) is 0 Å². The Balaban J connectivity index is 0. The summed E-state index contributed by atoms with van der Waals surface area (Å²) in [4.78, 5) is 0. The third-order valence-corrected chi connectivity index (χ3v) is 28.9. The average molecular weight is 629 g/mol. The van der Waals surface area contributed by atoms with Gasteiger partial charge >= 0.3 is 0 Å². The fraction of sp³-hybridized carbons (Fsp3) is 0.455. The van der Waals surface area contributed by atoms with Gasteiger partial charge in [-0.15, -0.1) is 62.3 Å². The highest BCUT2D eigenvalue weighted by Gasteiger charge is 2.27. The first-order valence-electron chi connectivity index (χ1n) is 14.4. The molecule has 0 spiro atoms. The Labute approximate surface area is 251 Å². The van der Waals surface area contributed by atoms with Crippen molar-refractivity contribution in [2.45, 2.75) is 96.3 Å². The van der Waals surface area contributed by atoms with Crippen molar-refractivity contribution in [3.8, 4) is 0 Å². The minimum absolute atomic E-state index is 1.05. The van der Waals surface area contributed by atoms with E-state index >= 15 is 0 Å². The van der Waals surface area contributed by atoms with Gasteiger partial charge in [-0.1, -0.05) is 142 Å². The maximum absolute atomic E-state index is 3.95. The van der Waals surface area contributed by atoms with Crippen LogP contribution in [0.5, 0.6) is 0 Å². The highest BCUT2D eigenvalue weighted by molar-refractivity contribution is 6.99. The summed E-state index contributed by atoms with van der Waals surface area (Å²) in [5, 5.41) is 2.92. The quantitative estimate of drug-likeness (QED) is 0.191. The van der Waals surface area contributed by atoms with Gasteiger partial charge in [0.2, 0.25) is 0 Å². The van der Waals surface area contributed by atoms with Gasteiger partial charge in [-0.2, -0.15) is 0 Å². The normalized spacial score (nSPS) is 12.5. The Morgan fingerprint density at radius 1 is 0.410 bits per heavy atom. The van der Waals surface area contributed by atoms with Crippen molar-refractivity contribution in [3.05, 3.63) is 97.9 Å². The zero-order valence-corrected chi connectivity index (χ0v) is 34.1. The van der Waals surface area contributed by atoms with Crippen LogP contribution < -0.4 is 10.4 Å². The van der Waals surface area contributed by atoms with E-state index in [-0.39, 0.29) is 0 Å². The van der Waals surface area contributed by atoms with E-state index in [4.69, 9.17) is 0 Å². The maximum Gasteiger partial charge on any atom is 0.103 e. The third-order valence-electron chi connectivity index (χ3n) is 7.93. The Morgan fingerprint density at radius 2 is 0.641 bits per heavy atom. The Morgan fingerprint density at radius 3 is 0.821 bits per heavy atom. The molecule has 0 unspecified atom stereocenters. The minimum atomic E-state index is -1.39. The van der Waals surface area contributed by atoms with Crippen LogP contribution in [0.3, 0.4) is 0 Å². The number of rotatable bonds is 13. The molecule has 0 amide bonds. The SMILES string of the molecule is C=C[Si](C)(C)CC[Si](C)(C)C=C.C=C[Si](C)(C)C[Si](C)(C)C=C.C=C[Si](C)(C)c1ccc([Si](C)(C)C=C)cc1. The van der Waals surface area contributed by atoms with Crippen LogP contribution in [0.2, 0.25) is 96.3 Å². The molecule has 0 aromatic heterocycles. The highest BCUT2D eigenvalue weighted by atomic mass is 28.4. The lowest BCUT2D eigenvalue weighted by Crippen LogP contribution is -2.43. The van der Waals surface area contributed by atoms with Gasteiger partial charge in [-0.05, 0) is 0 Å². The van der Waals surface area contributed by atoms with Crippen LogP contribution in [0.15, 0.2) is 97.9 Å². The number of hydrogen-bond acceptors (Lipinski definition) is 0. The Bertz CT molecular complexity index is 870. The predicted molar refractivity (Wildman–Crippen MR) is 206 cm³/mol. The molecule has 220 valence electrons. The minimum Gasteiger partial charge on any atom is -0.107 e. The van der Waals surface area contributed by atoms with Gasteiger partial charge in [-0.3, -0.25) is 0 Å². The van der Waals surface area contributed by atoms with E-state index in [9.17, 15) is 0 Å². The van der Waals surface area contributed by atoms with Crippen LogP contribution in [0, 0.1) is 0 Å². The average Bonchev–Trinajstić information content (AvgIpc) is 2.88. The molecule has 0 saturated carbocycles. The molecule has 0 saturated heterocycles. The molecule has 1 aromatic rings. The van der Waals surface area contributed by atoms with Crippen LogP contribution in [0.1, 0.15) is 0 Å². The second kappa shape index (κ2) is 16.4. The molecule has 6 heteroatoms. The van der Waals surface area contributed by atoms with Gasteiger partial charge in [0.15, 0.2) is 0 Å². The largest absolute Gasteiger partial charge is 0.107 e. The highest BCUT2D eigenvalue weighted by Crippen LogP contribution is 2.21. The first-order valence-corrected chi connectivity index (χ1v) is 33.7. The summed E-state index contributed by atoms with van der Waals surface area (Å²) in [5.74, 6) is 0. The fourth-order valence-corrected chi connectivity index (χ4v) is 22.4. The van der Waals surface area contributed by atoms with Gasteiger partial charge in [0.1, 0.15) is 16.1 Å². The van der Waals surface area contributed by atoms with E-state index in [2.05, 4.69) is 176 Å². The van der Waals surface area contributed by atoms with Gasteiger partial charge in [0.05, 0.1) is 32.3 Å². The van der Waals surface area contributed by atoms with Crippen molar-refractivity contribution in [2.75, 3.05) is 0 Å². The molecule has 0 atom stereocenters. The van der Waals surface area contributed by atoms with Gasteiger partial charge in [0, 0.05) is 0 Å². The zero-order chi connectivity index (χ0) is 31.3. The second-order valence-electron chi connectivity index (χ2n) is 14.9. The topological polar surface area (TPSA) is 0 Å².